The minimum absolute atomic E-state index is 0.378. The van der Waals surface area contributed by atoms with E-state index >= 15 is 0 Å². The first-order chi connectivity index (χ1) is 10.2. The van der Waals surface area contributed by atoms with Gasteiger partial charge in [-0.15, -0.1) is 0 Å². The Hall–Kier alpha value is -1.86. The fourth-order valence-electron chi connectivity index (χ4n) is 2.44. The fraction of sp³-hybridized carbons (Fsp3) is 0.467. The van der Waals surface area contributed by atoms with E-state index in [1.807, 2.05) is 27.7 Å². The van der Waals surface area contributed by atoms with Crippen molar-refractivity contribution in [1.29, 1.82) is 0 Å². The van der Waals surface area contributed by atoms with Gasteiger partial charge in [-0.1, -0.05) is 0 Å². The van der Waals surface area contributed by atoms with Crippen LogP contribution in [0, 0.1) is 0 Å². The lowest BCUT2D eigenvalue weighted by atomic mass is 9.82. The Morgan fingerprint density at radius 2 is 1.91 bits per heavy atom. The monoisotopic (exact) mass is 302 g/mol. The van der Waals surface area contributed by atoms with E-state index in [2.05, 4.69) is 9.97 Å². The van der Waals surface area contributed by atoms with Crippen molar-refractivity contribution < 1.29 is 18.8 Å². The van der Waals surface area contributed by atoms with Crippen LogP contribution in [0.5, 0.6) is 0 Å². The Morgan fingerprint density at radius 1 is 1.27 bits per heavy atom. The van der Waals surface area contributed by atoms with E-state index in [9.17, 15) is 4.79 Å². The number of fused-ring (bicyclic) bond motifs is 1. The van der Waals surface area contributed by atoms with E-state index in [4.69, 9.17) is 14.0 Å². The van der Waals surface area contributed by atoms with Gasteiger partial charge in [0.15, 0.2) is 0 Å². The number of ether oxygens (including phenoxy) is 1. The maximum Gasteiger partial charge on any atom is 0.515 e. The van der Waals surface area contributed by atoms with E-state index in [1.165, 1.54) is 7.11 Å². The summed E-state index contributed by atoms with van der Waals surface area (Å²) in [5.74, 6) is -0.420. The molecular formula is C15H19BN2O4. The van der Waals surface area contributed by atoms with Gasteiger partial charge in [0.1, 0.15) is 5.69 Å². The zero-order valence-corrected chi connectivity index (χ0v) is 13.4. The number of methoxy groups -OCH3 is 1. The maximum atomic E-state index is 11.7. The third kappa shape index (κ3) is 2.21. The van der Waals surface area contributed by atoms with E-state index < -0.39 is 24.3 Å². The van der Waals surface area contributed by atoms with Gasteiger partial charge in [-0.3, -0.25) is 4.98 Å². The predicted octanol–water partition coefficient (Wildman–Crippen LogP) is 1.65. The van der Waals surface area contributed by atoms with Crippen LogP contribution in [-0.4, -0.2) is 41.4 Å². The molecule has 0 spiro atoms. The molecule has 2 aromatic rings. The van der Waals surface area contributed by atoms with Gasteiger partial charge < -0.3 is 19.0 Å². The molecule has 22 heavy (non-hydrogen) atoms. The number of nitrogens with one attached hydrogen (secondary N) is 1. The van der Waals surface area contributed by atoms with E-state index in [1.54, 1.807) is 18.3 Å². The molecule has 0 bridgehead atoms. The first kappa shape index (κ1) is 15.1. The summed E-state index contributed by atoms with van der Waals surface area (Å²) in [7, 11) is 0.774. The molecule has 1 N–H and O–H groups in total. The largest absolute Gasteiger partial charge is 0.515 e. The predicted molar refractivity (Wildman–Crippen MR) is 83.1 cm³/mol. The maximum absolute atomic E-state index is 11.7. The van der Waals surface area contributed by atoms with Gasteiger partial charge in [0.05, 0.1) is 23.9 Å². The van der Waals surface area contributed by atoms with Crippen molar-refractivity contribution >= 4 is 29.6 Å². The number of hydrogen-bond donors (Lipinski definition) is 1. The molecule has 0 unspecified atom stereocenters. The molecule has 1 aliphatic heterocycles. The molecule has 1 saturated heterocycles. The van der Waals surface area contributed by atoms with Gasteiger partial charge in [0.2, 0.25) is 0 Å². The molecule has 0 aromatic carbocycles. The minimum atomic E-state index is -0.574. The van der Waals surface area contributed by atoms with Crippen molar-refractivity contribution in [1.82, 2.24) is 9.97 Å². The number of pyridine rings is 1. The normalized spacial score (nSPS) is 19.6. The molecule has 6 nitrogen and oxygen atoms in total. The smallest absolute Gasteiger partial charge is 0.464 e. The molecule has 0 aliphatic carbocycles. The van der Waals surface area contributed by atoms with Crippen molar-refractivity contribution in [2.75, 3.05) is 7.11 Å². The Morgan fingerprint density at radius 3 is 2.50 bits per heavy atom. The lowest BCUT2D eigenvalue weighted by molar-refractivity contribution is 0.00578. The van der Waals surface area contributed by atoms with Crippen molar-refractivity contribution in [2.45, 2.75) is 38.9 Å². The molecule has 116 valence electrons. The van der Waals surface area contributed by atoms with E-state index in [0.29, 0.717) is 11.3 Å². The van der Waals surface area contributed by atoms with Crippen molar-refractivity contribution in [3.05, 3.63) is 24.0 Å². The van der Waals surface area contributed by atoms with Crippen LogP contribution in [0.25, 0.3) is 10.9 Å². The molecule has 3 heterocycles. The van der Waals surface area contributed by atoms with Crippen LogP contribution in [0.1, 0.15) is 38.2 Å². The van der Waals surface area contributed by atoms with E-state index in [-0.39, 0.29) is 0 Å². The Balaban J connectivity index is 2.05. The Kier molecular flexibility index (Phi) is 3.30. The number of aromatic nitrogens is 2. The number of H-pyrrole nitrogens is 1. The Bertz CT molecular complexity index is 722. The van der Waals surface area contributed by atoms with Crippen molar-refractivity contribution in [2.24, 2.45) is 0 Å². The third-order valence-electron chi connectivity index (χ3n) is 4.46. The highest BCUT2D eigenvalue weighted by atomic mass is 16.7. The third-order valence-corrected chi connectivity index (χ3v) is 4.46. The summed E-state index contributed by atoms with van der Waals surface area (Å²) in [6.07, 6.45) is 1.67. The highest BCUT2D eigenvalue weighted by Gasteiger charge is 2.52. The van der Waals surface area contributed by atoms with Crippen LogP contribution >= 0.6 is 0 Å². The first-order valence-electron chi connectivity index (χ1n) is 7.17. The highest BCUT2D eigenvalue weighted by Crippen LogP contribution is 2.36. The van der Waals surface area contributed by atoms with Crippen molar-refractivity contribution in [3.8, 4) is 0 Å². The molecule has 1 aliphatic rings. The summed E-state index contributed by atoms with van der Waals surface area (Å²) in [6.45, 7) is 7.96. The van der Waals surface area contributed by atoms with Crippen LogP contribution in [-0.2, 0) is 14.0 Å². The van der Waals surface area contributed by atoms with Crippen LogP contribution in [0.15, 0.2) is 18.3 Å². The highest BCUT2D eigenvalue weighted by molar-refractivity contribution is 6.64. The summed E-state index contributed by atoms with van der Waals surface area (Å²) in [6, 6.07) is 3.52. The molecule has 3 rings (SSSR count). The van der Waals surface area contributed by atoms with Gasteiger partial charge in [-0.05, 0) is 39.8 Å². The molecule has 0 radical (unpaired) electrons. The average Bonchev–Trinajstić information content (AvgIpc) is 2.96. The number of nitrogens with zero attached hydrogens (tertiary/aromatic N) is 1. The Labute approximate surface area is 129 Å². The zero-order valence-electron chi connectivity index (χ0n) is 13.4. The van der Waals surface area contributed by atoms with Gasteiger partial charge >= 0.3 is 13.1 Å². The molecular weight excluding hydrogens is 283 g/mol. The number of aromatic amines is 1. The first-order valence-corrected chi connectivity index (χ1v) is 7.17. The zero-order chi connectivity index (χ0) is 16.1. The summed E-state index contributed by atoms with van der Waals surface area (Å²) < 4.78 is 16.8. The van der Waals surface area contributed by atoms with E-state index in [0.717, 1.165) is 10.9 Å². The lowest BCUT2D eigenvalue weighted by Gasteiger charge is -2.32. The molecule has 0 atom stereocenters. The summed E-state index contributed by atoms with van der Waals surface area (Å²) in [5, 5.41) is 0.793. The molecule has 2 aromatic heterocycles. The second kappa shape index (κ2) is 4.82. The van der Waals surface area contributed by atoms with Gasteiger partial charge in [-0.2, -0.15) is 0 Å². The van der Waals surface area contributed by atoms with Crippen LogP contribution in [0.2, 0.25) is 0 Å². The minimum Gasteiger partial charge on any atom is -0.464 e. The standard InChI is InChI=1S/C15H19BN2O4/c1-14(2)15(3,4)22-16(21-14)12-9-8-11(13(19)20-5)18-10(9)6-7-17-12/h6-8,18H,1-5H3. The lowest BCUT2D eigenvalue weighted by Crippen LogP contribution is -2.41. The topological polar surface area (TPSA) is 73.4 Å². The molecule has 0 saturated carbocycles. The quantitative estimate of drug-likeness (QED) is 0.674. The number of esters is 1. The summed E-state index contributed by atoms with van der Waals surface area (Å²) in [5.41, 5.74) is 0.942. The molecule has 1 fully saturated rings. The SMILES string of the molecule is COC(=O)c1cc2c(B3OC(C)(C)C(C)(C)O3)nccc2[nH]1. The van der Waals surface area contributed by atoms with Gasteiger partial charge in [0, 0.05) is 17.1 Å². The summed E-state index contributed by atoms with van der Waals surface area (Å²) in [4.78, 5) is 19.1. The number of rotatable bonds is 2. The van der Waals surface area contributed by atoms with Crippen LogP contribution in [0.4, 0.5) is 0 Å². The number of carbonyl (C=O) groups excluding carboxylic acids is 1. The van der Waals surface area contributed by atoms with Crippen LogP contribution in [0.3, 0.4) is 0 Å². The van der Waals surface area contributed by atoms with Gasteiger partial charge in [-0.25, -0.2) is 4.79 Å². The molecule has 0 amide bonds. The fourth-order valence-corrected chi connectivity index (χ4v) is 2.44. The summed E-state index contributed by atoms with van der Waals surface area (Å²) >= 11 is 0. The number of hydrogen-bond acceptors (Lipinski definition) is 5. The second-order valence-electron chi connectivity index (χ2n) is 6.42. The van der Waals surface area contributed by atoms with Crippen molar-refractivity contribution in [3.63, 3.8) is 0 Å². The second-order valence-corrected chi connectivity index (χ2v) is 6.42. The average molecular weight is 302 g/mol. The molecule has 7 heteroatoms. The van der Waals surface area contributed by atoms with Gasteiger partial charge in [0.25, 0.3) is 0 Å². The van der Waals surface area contributed by atoms with Crippen LogP contribution < -0.4 is 5.59 Å². The number of carbonyl (C=O) groups is 1.